The fraction of sp³-hybridized carbons (Fsp3) is 0.625. The second-order valence-corrected chi connectivity index (χ2v) is 3.10. The van der Waals surface area contributed by atoms with Crippen molar-refractivity contribution in [2.75, 3.05) is 0 Å². The first-order valence-corrected chi connectivity index (χ1v) is 4.10. The smallest absolute Gasteiger partial charge is 0.0671 e. The summed E-state index contributed by atoms with van der Waals surface area (Å²) in [5, 5.41) is 4.38. The van der Waals surface area contributed by atoms with Gasteiger partial charge in [-0.1, -0.05) is 0 Å². The second kappa shape index (κ2) is 2.34. The normalized spacial score (nSPS) is 28.9. The van der Waals surface area contributed by atoms with Gasteiger partial charge in [-0.3, -0.25) is 4.68 Å². The Kier molecular flexibility index (Phi) is 1.46. The minimum Gasteiger partial charge on any atom is -0.327 e. The molecule has 0 radical (unpaired) electrons. The van der Waals surface area contributed by atoms with Crippen LogP contribution < -0.4 is 5.73 Å². The monoisotopic (exact) mass is 151 g/mol. The van der Waals surface area contributed by atoms with Crippen LogP contribution in [0.2, 0.25) is 0 Å². The number of nitrogens with two attached hydrogens (primary N) is 1. The number of aryl methyl sites for hydroxylation is 1. The van der Waals surface area contributed by atoms with Crippen LogP contribution in [0.4, 0.5) is 0 Å². The molecule has 2 N–H and O–H groups in total. The molecular weight excluding hydrogens is 138 g/mol. The van der Waals surface area contributed by atoms with Gasteiger partial charge in [0.25, 0.3) is 0 Å². The van der Waals surface area contributed by atoms with E-state index in [1.54, 1.807) is 0 Å². The molecule has 60 valence electrons. The van der Waals surface area contributed by atoms with Crippen LogP contribution in [0.1, 0.15) is 25.0 Å². The highest BCUT2D eigenvalue weighted by Crippen LogP contribution is 2.37. The lowest BCUT2D eigenvalue weighted by Gasteiger charge is -1.92. The zero-order valence-electron chi connectivity index (χ0n) is 6.70. The summed E-state index contributed by atoms with van der Waals surface area (Å²) in [6.07, 6.45) is 3.13. The van der Waals surface area contributed by atoms with Crippen molar-refractivity contribution in [1.29, 1.82) is 0 Å². The maximum Gasteiger partial charge on any atom is 0.0671 e. The van der Waals surface area contributed by atoms with Crippen LogP contribution in [-0.4, -0.2) is 15.8 Å². The van der Waals surface area contributed by atoms with Gasteiger partial charge in [-0.25, -0.2) is 0 Å². The summed E-state index contributed by atoms with van der Waals surface area (Å²) in [6.45, 7) is 3.03. The van der Waals surface area contributed by atoms with E-state index in [-0.39, 0.29) is 0 Å². The van der Waals surface area contributed by atoms with E-state index >= 15 is 0 Å². The molecule has 1 aliphatic carbocycles. The Morgan fingerprint density at radius 2 is 2.55 bits per heavy atom. The minimum atomic E-state index is 0.371. The van der Waals surface area contributed by atoms with Crippen molar-refractivity contribution in [2.24, 2.45) is 5.73 Å². The maximum atomic E-state index is 5.70. The molecule has 2 unspecified atom stereocenters. The Morgan fingerprint density at radius 1 is 1.82 bits per heavy atom. The predicted octanol–water partition coefficient (Wildman–Crippen LogP) is 0.718. The van der Waals surface area contributed by atoms with Crippen molar-refractivity contribution in [3.8, 4) is 0 Å². The van der Waals surface area contributed by atoms with Gasteiger partial charge in [0.1, 0.15) is 0 Å². The van der Waals surface area contributed by atoms with Gasteiger partial charge in [-0.2, -0.15) is 5.10 Å². The van der Waals surface area contributed by atoms with E-state index in [1.165, 1.54) is 5.69 Å². The zero-order valence-corrected chi connectivity index (χ0v) is 6.70. The van der Waals surface area contributed by atoms with E-state index in [2.05, 4.69) is 18.1 Å². The molecule has 1 heterocycles. The quantitative estimate of drug-likeness (QED) is 0.676. The van der Waals surface area contributed by atoms with Crippen LogP contribution in [0.5, 0.6) is 0 Å². The first-order valence-electron chi connectivity index (χ1n) is 4.10. The molecule has 1 saturated carbocycles. The summed E-state index contributed by atoms with van der Waals surface area (Å²) < 4.78 is 1.94. The summed E-state index contributed by atoms with van der Waals surface area (Å²) in [5.41, 5.74) is 6.87. The average Bonchev–Trinajstić information content (AvgIpc) is 2.59. The molecular formula is C8H13N3. The molecule has 0 aromatic carbocycles. The maximum absolute atomic E-state index is 5.70. The summed E-state index contributed by atoms with van der Waals surface area (Å²) >= 11 is 0. The van der Waals surface area contributed by atoms with Gasteiger partial charge in [0.2, 0.25) is 0 Å². The van der Waals surface area contributed by atoms with Gasteiger partial charge in [0.15, 0.2) is 0 Å². The van der Waals surface area contributed by atoms with Gasteiger partial charge in [0, 0.05) is 24.7 Å². The van der Waals surface area contributed by atoms with Crippen molar-refractivity contribution in [2.45, 2.75) is 31.8 Å². The number of nitrogens with zero attached hydrogens (tertiary/aromatic N) is 2. The van der Waals surface area contributed by atoms with Crippen LogP contribution in [0.25, 0.3) is 0 Å². The van der Waals surface area contributed by atoms with Crippen LogP contribution in [-0.2, 0) is 6.54 Å². The molecule has 3 heteroatoms. The summed E-state index contributed by atoms with van der Waals surface area (Å²) in [6, 6.07) is 2.44. The van der Waals surface area contributed by atoms with Crippen molar-refractivity contribution in [1.82, 2.24) is 9.78 Å². The molecule has 0 spiro atoms. The molecule has 0 saturated heterocycles. The molecule has 2 rings (SSSR count). The lowest BCUT2D eigenvalue weighted by atomic mass is 10.3. The second-order valence-electron chi connectivity index (χ2n) is 3.10. The highest BCUT2D eigenvalue weighted by molar-refractivity contribution is 5.18. The standard InChI is InChI=1S/C8H13N3/c1-2-11-4-3-8(10-11)6-5-7(6)9/h3-4,6-7H,2,5,9H2,1H3. The number of rotatable bonds is 2. The van der Waals surface area contributed by atoms with E-state index in [0.717, 1.165) is 13.0 Å². The third-order valence-electron chi connectivity index (χ3n) is 2.20. The summed E-state index contributed by atoms with van der Waals surface area (Å²) in [7, 11) is 0. The van der Waals surface area contributed by atoms with Gasteiger partial charge < -0.3 is 5.73 Å². The molecule has 2 atom stereocenters. The topological polar surface area (TPSA) is 43.8 Å². The average molecular weight is 151 g/mol. The van der Waals surface area contributed by atoms with E-state index in [0.29, 0.717) is 12.0 Å². The Hall–Kier alpha value is -0.830. The first kappa shape index (κ1) is 6.85. The largest absolute Gasteiger partial charge is 0.327 e. The van der Waals surface area contributed by atoms with Crippen LogP contribution in [0, 0.1) is 0 Å². The van der Waals surface area contributed by atoms with Gasteiger partial charge >= 0.3 is 0 Å². The highest BCUT2D eigenvalue weighted by Gasteiger charge is 2.36. The number of hydrogen-bond donors (Lipinski definition) is 1. The van der Waals surface area contributed by atoms with Gasteiger partial charge in [-0.05, 0) is 19.4 Å². The van der Waals surface area contributed by atoms with Gasteiger partial charge in [0.05, 0.1) is 5.69 Å². The lowest BCUT2D eigenvalue weighted by Crippen LogP contribution is -2.02. The molecule has 0 amide bonds. The first-order chi connectivity index (χ1) is 5.31. The van der Waals surface area contributed by atoms with E-state index in [4.69, 9.17) is 5.73 Å². The Labute approximate surface area is 66.2 Å². The molecule has 11 heavy (non-hydrogen) atoms. The number of aromatic nitrogens is 2. The van der Waals surface area contributed by atoms with Crippen molar-refractivity contribution < 1.29 is 0 Å². The van der Waals surface area contributed by atoms with Crippen molar-refractivity contribution in [3.05, 3.63) is 18.0 Å². The van der Waals surface area contributed by atoms with Crippen LogP contribution in [0.15, 0.2) is 12.3 Å². The molecule has 1 aromatic rings. The fourth-order valence-corrected chi connectivity index (χ4v) is 1.31. The molecule has 0 bridgehead atoms. The SMILES string of the molecule is CCn1ccc(C2CC2N)n1. The van der Waals surface area contributed by atoms with Crippen molar-refractivity contribution >= 4 is 0 Å². The van der Waals surface area contributed by atoms with E-state index in [9.17, 15) is 0 Å². The van der Waals surface area contributed by atoms with Gasteiger partial charge in [-0.15, -0.1) is 0 Å². The lowest BCUT2D eigenvalue weighted by molar-refractivity contribution is 0.646. The van der Waals surface area contributed by atoms with Crippen LogP contribution in [0.3, 0.4) is 0 Å². The van der Waals surface area contributed by atoms with E-state index < -0.39 is 0 Å². The third-order valence-corrected chi connectivity index (χ3v) is 2.20. The summed E-state index contributed by atoms with van der Waals surface area (Å²) in [5.74, 6) is 0.544. The Balaban J connectivity index is 2.13. The highest BCUT2D eigenvalue weighted by atomic mass is 15.3. The predicted molar refractivity (Wildman–Crippen MR) is 43.2 cm³/mol. The van der Waals surface area contributed by atoms with Crippen molar-refractivity contribution in [3.63, 3.8) is 0 Å². The van der Waals surface area contributed by atoms with Crippen LogP contribution >= 0.6 is 0 Å². The van der Waals surface area contributed by atoms with E-state index in [1.807, 2.05) is 10.9 Å². The zero-order chi connectivity index (χ0) is 7.84. The summed E-state index contributed by atoms with van der Waals surface area (Å²) in [4.78, 5) is 0. The number of hydrogen-bond acceptors (Lipinski definition) is 2. The minimum absolute atomic E-state index is 0.371. The Morgan fingerprint density at radius 3 is 3.00 bits per heavy atom. The molecule has 1 aromatic heterocycles. The molecule has 1 aliphatic rings. The Bertz CT molecular complexity index is 254. The molecule has 3 nitrogen and oxygen atoms in total. The fourth-order valence-electron chi connectivity index (χ4n) is 1.31. The third kappa shape index (κ3) is 1.16. The molecule has 0 aliphatic heterocycles. The molecule has 1 fully saturated rings.